The molecule has 5 rings (SSSR count). The first-order valence-corrected chi connectivity index (χ1v) is 10.9. The van der Waals surface area contributed by atoms with E-state index < -0.39 is 15.6 Å². The Morgan fingerprint density at radius 2 is 1.86 bits per heavy atom. The Kier molecular flexibility index (Phi) is 3.82. The molecule has 2 bridgehead atoms. The number of nitrogens with zero attached hydrogens (tertiary/aromatic N) is 3. The van der Waals surface area contributed by atoms with Crippen molar-refractivity contribution >= 4 is 10.0 Å². The topological polar surface area (TPSA) is 93.9 Å². The maximum atomic E-state index is 13.3. The monoisotopic (exact) mass is 405 g/mol. The van der Waals surface area contributed by atoms with Crippen LogP contribution in [0.2, 0.25) is 0 Å². The lowest BCUT2D eigenvalue weighted by molar-refractivity contribution is -0.0341. The zero-order valence-corrected chi connectivity index (χ0v) is 16.6. The first-order chi connectivity index (χ1) is 13.3. The molecular formula is C19H23N3O5S. The predicted molar refractivity (Wildman–Crippen MR) is 99.5 cm³/mol. The molecule has 0 spiro atoms. The van der Waals surface area contributed by atoms with Crippen LogP contribution in [0.15, 0.2) is 29.3 Å². The normalized spacial score (nSPS) is 29.4. The Morgan fingerprint density at radius 1 is 1.18 bits per heavy atom. The van der Waals surface area contributed by atoms with E-state index in [2.05, 4.69) is 5.10 Å². The van der Waals surface area contributed by atoms with Crippen LogP contribution in [0.5, 0.6) is 11.5 Å². The molecule has 0 unspecified atom stereocenters. The summed E-state index contributed by atoms with van der Waals surface area (Å²) in [5, 5.41) is 15.5. The number of fused-ring (bicyclic) bond motifs is 3. The highest BCUT2D eigenvalue weighted by Crippen LogP contribution is 2.49. The Morgan fingerprint density at radius 3 is 2.50 bits per heavy atom. The van der Waals surface area contributed by atoms with Crippen molar-refractivity contribution in [2.75, 3.05) is 6.79 Å². The average Bonchev–Trinajstić information content (AvgIpc) is 3.33. The van der Waals surface area contributed by atoms with Gasteiger partial charge in [0.2, 0.25) is 16.8 Å². The highest BCUT2D eigenvalue weighted by Gasteiger charge is 2.53. The van der Waals surface area contributed by atoms with Crippen LogP contribution in [0.4, 0.5) is 0 Å². The summed E-state index contributed by atoms with van der Waals surface area (Å²) in [6, 6.07) is 5.00. The SMILES string of the molecule is Cc1c(S(=O)(=O)N2[C@@H]3CC[C@@H]2CC(O)(c2ccc4c(c2)OCO4)C3)cnn1C. The quantitative estimate of drug-likeness (QED) is 0.835. The van der Waals surface area contributed by atoms with Gasteiger partial charge in [0.25, 0.3) is 0 Å². The molecule has 0 amide bonds. The second-order valence-corrected chi connectivity index (χ2v) is 9.76. The van der Waals surface area contributed by atoms with E-state index >= 15 is 0 Å². The van der Waals surface area contributed by atoms with Crippen LogP contribution < -0.4 is 9.47 Å². The molecule has 9 heteroatoms. The van der Waals surface area contributed by atoms with Crippen LogP contribution in [-0.4, -0.2) is 46.5 Å². The summed E-state index contributed by atoms with van der Waals surface area (Å²) >= 11 is 0. The van der Waals surface area contributed by atoms with Crippen molar-refractivity contribution in [3.05, 3.63) is 35.7 Å². The number of hydrogen-bond donors (Lipinski definition) is 1. The molecule has 0 saturated carbocycles. The second-order valence-electron chi connectivity index (χ2n) is 7.95. The van der Waals surface area contributed by atoms with Crippen molar-refractivity contribution in [3.8, 4) is 11.5 Å². The predicted octanol–water partition coefficient (Wildman–Crippen LogP) is 1.66. The maximum Gasteiger partial charge on any atom is 0.246 e. The van der Waals surface area contributed by atoms with Crippen LogP contribution in [0.3, 0.4) is 0 Å². The van der Waals surface area contributed by atoms with Crippen LogP contribution >= 0.6 is 0 Å². The molecule has 2 aromatic rings. The molecule has 0 aliphatic carbocycles. The summed E-state index contributed by atoms with van der Waals surface area (Å²) in [4.78, 5) is 0.250. The summed E-state index contributed by atoms with van der Waals surface area (Å²) in [6.07, 6.45) is 3.64. The van der Waals surface area contributed by atoms with Gasteiger partial charge in [-0.15, -0.1) is 0 Å². The molecule has 3 aliphatic rings. The van der Waals surface area contributed by atoms with Gasteiger partial charge in [-0.05, 0) is 50.3 Å². The van der Waals surface area contributed by atoms with Crippen molar-refractivity contribution in [1.29, 1.82) is 0 Å². The Balaban J connectivity index is 1.47. The number of aryl methyl sites for hydroxylation is 1. The first kappa shape index (κ1) is 18.0. The van der Waals surface area contributed by atoms with Gasteiger partial charge in [-0.25, -0.2) is 8.42 Å². The third kappa shape index (κ3) is 2.49. The largest absolute Gasteiger partial charge is 0.454 e. The summed E-state index contributed by atoms with van der Waals surface area (Å²) in [6.45, 7) is 1.94. The van der Waals surface area contributed by atoms with Gasteiger partial charge in [-0.3, -0.25) is 4.68 Å². The number of benzene rings is 1. The van der Waals surface area contributed by atoms with Crippen LogP contribution in [0.1, 0.15) is 36.9 Å². The molecule has 1 aromatic heterocycles. The van der Waals surface area contributed by atoms with Gasteiger partial charge in [-0.2, -0.15) is 9.40 Å². The fraction of sp³-hybridized carbons (Fsp3) is 0.526. The van der Waals surface area contributed by atoms with Crippen LogP contribution in [0.25, 0.3) is 0 Å². The number of sulfonamides is 1. The maximum absolute atomic E-state index is 13.3. The van der Waals surface area contributed by atoms with Crippen molar-refractivity contribution in [3.63, 3.8) is 0 Å². The third-order valence-electron chi connectivity index (χ3n) is 6.36. The van der Waals surface area contributed by atoms with Gasteiger partial charge in [0, 0.05) is 19.1 Å². The summed E-state index contributed by atoms with van der Waals surface area (Å²) < 4.78 is 40.7. The molecule has 2 atom stereocenters. The molecule has 2 fully saturated rings. The van der Waals surface area contributed by atoms with Gasteiger partial charge in [0.1, 0.15) is 4.90 Å². The molecule has 4 heterocycles. The van der Waals surface area contributed by atoms with E-state index in [1.807, 2.05) is 12.1 Å². The third-order valence-corrected chi connectivity index (χ3v) is 8.46. The minimum Gasteiger partial charge on any atom is -0.454 e. The number of aliphatic hydroxyl groups is 1. The van der Waals surface area contributed by atoms with E-state index in [9.17, 15) is 13.5 Å². The molecule has 2 saturated heterocycles. The van der Waals surface area contributed by atoms with Crippen molar-refractivity contribution in [2.24, 2.45) is 7.05 Å². The zero-order chi connectivity index (χ0) is 19.7. The zero-order valence-electron chi connectivity index (χ0n) is 15.8. The Hall–Kier alpha value is -2.10. The Labute approximate surface area is 163 Å². The number of hydrogen-bond acceptors (Lipinski definition) is 6. The van der Waals surface area contributed by atoms with Gasteiger partial charge in [0.05, 0.1) is 17.5 Å². The molecule has 1 aromatic carbocycles. The highest BCUT2D eigenvalue weighted by molar-refractivity contribution is 7.89. The summed E-state index contributed by atoms with van der Waals surface area (Å²) in [5.74, 6) is 1.29. The smallest absolute Gasteiger partial charge is 0.246 e. The first-order valence-electron chi connectivity index (χ1n) is 9.44. The lowest BCUT2D eigenvalue weighted by atomic mass is 9.81. The summed E-state index contributed by atoms with van der Waals surface area (Å²) in [7, 11) is -1.92. The minimum atomic E-state index is -3.66. The molecular weight excluding hydrogens is 382 g/mol. The van der Waals surface area contributed by atoms with Crippen LogP contribution in [-0.2, 0) is 22.7 Å². The van der Waals surface area contributed by atoms with E-state index in [1.54, 1.807) is 29.0 Å². The Bertz CT molecular complexity index is 1030. The summed E-state index contributed by atoms with van der Waals surface area (Å²) in [5.41, 5.74) is 0.294. The molecule has 150 valence electrons. The van der Waals surface area contributed by atoms with E-state index in [-0.39, 0.29) is 23.8 Å². The van der Waals surface area contributed by atoms with Crippen molar-refractivity contribution in [1.82, 2.24) is 14.1 Å². The fourth-order valence-electron chi connectivity index (χ4n) is 4.84. The molecule has 8 nitrogen and oxygen atoms in total. The number of piperidine rings is 1. The molecule has 3 aliphatic heterocycles. The van der Waals surface area contributed by atoms with E-state index in [4.69, 9.17) is 9.47 Å². The van der Waals surface area contributed by atoms with Crippen LogP contribution in [0, 0.1) is 6.92 Å². The molecule has 1 N–H and O–H groups in total. The van der Waals surface area contributed by atoms with Gasteiger partial charge >= 0.3 is 0 Å². The number of aromatic nitrogens is 2. The molecule has 28 heavy (non-hydrogen) atoms. The van der Waals surface area contributed by atoms with E-state index in [1.165, 1.54) is 6.20 Å². The van der Waals surface area contributed by atoms with Gasteiger partial charge in [0.15, 0.2) is 11.5 Å². The standard InChI is InChI=1S/C19H23N3O5S/c1-12-18(10-20-21(12)2)28(24,25)22-14-4-5-15(22)9-19(23,8-14)13-3-6-16-17(7-13)27-11-26-16/h3,6-7,10,14-15,23H,4-5,8-9,11H2,1-2H3/t14-,15-/m1/s1. The number of ether oxygens (including phenoxy) is 2. The average molecular weight is 405 g/mol. The van der Waals surface area contributed by atoms with Crippen molar-refractivity contribution in [2.45, 2.75) is 55.2 Å². The number of rotatable bonds is 3. The highest BCUT2D eigenvalue weighted by atomic mass is 32.2. The van der Waals surface area contributed by atoms with Gasteiger partial charge < -0.3 is 14.6 Å². The van der Waals surface area contributed by atoms with E-state index in [0.717, 1.165) is 18.4 Å². The van der Waals surface area contributed by atoms with E-state index in [0.29, 0.717) is 30.0 Å². The lowest BCUT2D eigenvalue weighted by Gasteiger charge is -2.43. The van der Waals surface area contributed by atoms with Gasteiger partial charge in [-0.1, -0.05) is 6.07 Å². The van der Waals surface area contributed by atoms with Crippen molar-refractivity contribution < 1.29 is 23.0 Å². The second kappa shape index (κ2) is 5.95. The fourth-order valence-corrected chi connectivity index (χ4v) is 6.90. The molecule has 0 radical (unpaired) electrons. The minimum absolute atomic E-state index is 0.180. The lowest BCUT2D eigenvalue weighted by Crippen LogP contribution is -2.51.